The Morgan fingerprint density at radius 2 is 2.39 bits per heavy atom. The van der Waals surface area contributed by atoms with Crippen LogP contribution in [0.25, 0.3) is 0 Å². The van der Waals surface area contributed by atoms with Crippen LogP contribution in [-0.4, -0.2) is 24.1 Å². The van der Waals surface area contributed by atoms with Crippen molar-refractivity contribution in [1.29, 1.82) is 0 Å². The molecular weight excluding hydrogens is 242 g/mol. The third kappa shape index (κ3) is 3.31. The topological polar surface area (TPSA) is 37.0 Å². The number of thiazole rings is 1. The van der Waals surface area contributed by atoms with Gasteiger partial charge in [-0.2, -0.15) is 0 Å². The Labute approximate surface area is 114 Å². The molecule has 1 saturated heterocycles. The minimum atomic E-state index is 0.350. The van der Waals surface area contributed by atoms with Crippen molar-refractivity contribution >= 4 is 11.3 Å². The summed E-state index contributed by atoms with van der Waals surface area (Å²) in [6, 6.07) is 0.915. The van der Waals surface area contributed by atoms with Crippen LogP contribution in [0.1, 0.15) is 49.5 Å². The first-order valence-corrected chi connectivity index (χ1v) is 7.70. The van der Waals surface area contributed by atoms with Crippen molar-refractivity contribution < 1.29 is 0 Å². The van der Waals surface area contributed by atoms with Gasteiger partial charge in [0.1, 0.15) is 5.01 Å². The summed E-state index contributed by atoms with van der Waals surface area (Å²) in [5.74, 6) is 0. The molecular formula is C14H25N3S. The number of hydrogen-bond donors (Lipinski definition) is 2. The second-order valence-electron chi connectivity index (χ2n) is 6.04. The van der Waals surface area contributed by atoms with E-state index in [1.54, 1.807) is 11.3 Å². The molecule has 18 heavy (non-hydrogen) atoms. The van der Waals surface area contributed by atoms with Crippen molar-refractivity contribution in [2.24, 2.45) is 5.41 Å². The molecule has 1 fully saturated rings. The van der Waals surface area contributed by atoms with E-state index in [4.69, 9.17) is 0 Å². The molecule has 1 aromatic heterocycles. The zero-order valence-electron chi connectivity index (χ0n) is 11.9. The van der Waals surface area contributed by atoms with E-state index >= 15 is 0 Å². The van der Waals surface area contributed by atoms with Crippen molar-refractivity contribution in [1.82, 2.24) is 15.6 Å². The van der Waals surface area contributed by atoms with E-state index in [-0.39, 0.29) is 0 Å². The maximum atomic E-state index is 4.45. The zero-order chi connectivity index (χ0) is 13.2. The van der Waals surface area contributed by atoms with Crippen molar-refractivity contribution in [3.05, 3.63) is 16.1 Å². The average molecular weight is 267 g/mol. The van der Waals surface area contributed by atoms with Crippen LogP contribution < -0.4 is 10.6 Å². The van der Waals surface area contributed by atoms with Crippen LogP contribution in [0.3, 0.4) is 0 Å². The van der Waals surface area contributed by atoms with Crippen molar-refractivity contribution in [3.8, 4) is 0 Å². The number of rotatable bonds is 4. The Hall–Kier alpha value is -0.450. The summed E-state index contributed by atoms with van der Waals surface area (Å²) in [6.07, 6.45) is 4.57. The number of nitrogens with one attached hydrogen (secondary N) is 2. The van der Waals surface area contributed by atoms with Gasteiger partial charge in [0, 0.05) is 23.7 Å². The fourth-order valence-electron chi connectivity index (χ4n) is 2.57. The van der Waals surface area contributed by atoms with Crippen LogP contribution in [0.2, 0.25) is 0 Å². The molecule has 2 heterocycles. The Morgan fingerprint density at radius 1 is 1.61 bits per heavy atom. The molecule has 0 bridgehead atoms. The molecule has 0 spiro atoms. The molecule has 3 nitrogen and oxygen atoms in total. The summed E-state index contributed by atoms with van der Waals surface area (Å²) < 4.78 is 0. The van der Waals surface area contributed by atoms with E-state index < -0.39 is 0 Å². The second kappa shape index (κ2) is 5.68. The van der Waals surface area contributed by atoms with E-state index in [2.05, 4.69) is 43.3 Å². The molecule has 0 aliphatic carbocycles. The highest BCUT2D eigenvalue weighted by Crippen LogP contribution is 2.30. The lowest BCUT2D eigenvalue weighted by Gasteiger charge is -2.40. The number of aromatic nitrogens is 1. The fraction of sp³-hybridized carbons (Fsp3) is 0.786. The van der Waals surface area contributed by atoms with Crippen LogP contribution in [0.5, 0.6) is 0 Å². The summed E-state index contributed by atoms with van der Waals surface area (Å²) in [4.78, 5) is 5.74. The van der Waals surface area contributed by atoms with Gasteiger partial charge < -0.3 is 10.6 Å². The Bertz CT molecular complexity index is 386. The lowest BCUT2D eigenvalue weighted by Crippen LogP contribution is -2.52. The third-order valence-electron chi connectivity index (χ3n) is 3.97. The van der Waals surface area contributed by atoms with Gasteiger partial charge in [0.05, 0.1) is 6.04 Å². The highest BCUT2D eigenvalue weighted by atomic mass is 32.1. The van der Waals surface area contributed by atoms with Gasteiger partial charge in [0.2, 0.25) is 0 Å². The first kappa shape index (κ1) is 14.0. The van der Waals surface area contributed by atoms with Crippen LogP contribution >= 0.6 is 11.3 Å². The number of nitrogens with zero attached hydrogens (tertiary/aromatic N) is 1. The molecule has 2 N–H and O–H groups in total. The monoisotopic (exact) mass is 267 g/mol. The molecule has 0 aromatic carbocycles. The lowest BCUT2D eigenvalue weighted by atomic mass is 9.77. The van der Waals surface area contributed by atoms with Crippen LogP contribution in [-0.2, 0) is 0 Å². The van der Waals surface area contributed by atoms with E-state index in [1.807, 2.05) is 6.20 Å². The number of hydrogen-bond acceptors (Lipinski definition) is 4. The summed E-state index contributed by atoms with van der Waals surface area (Å²) in [6.45, 7) is 11.2. The van der Waals surface area contributed by atoms with Crippen LogP contribution in [0.15, 0.2) is 6.20 Å². The van der Waals surface area contributed by atoms with Gasteiger partial charge in [-0.25, -0.2) is 4.98 Å². The molecule has 2 atom stereocenters. The Morgan fingerprint density at radius 3 is 3.00 bits per heavy atom. The minimum absolute atomic E-state index is 0.350. The van der Waals surface area contributed by atoms with Gasteiger partial charge in [0.25, 0.3) is 0 Å². The molecule has 0 radical (unpaired) electrons. The Kier molecular flexibility index (Phi) is 4.41. The van der Waals surface area contributed by atoms with Crippen LogP contribution in [0, 0.1) is 12.3 Å². The lowest BCUT2D eigenvalue weighted by molar-refractivity contribution is 0.173. The van der Waals surface area contributed by atoms with Crippen molar-refractivity contribution in [3.63, 3.8) is 0 Å². The maximum Gasteiger partial charge on any atom is 0.109 e. The minimum Gasteiger partial charge on any atom is -0.312 e. The van der Waals surface area contributed by atoms with Gasteiger partial charge in [0.15, 0.2) is 0 Å². The molecule has 4 heteroatoms. The molecule has 1 aliphatic heterocycles. The maximum absolute atomic E-state index is 4.45. The third-order valence-corrected chi connectivity index (χ3v) is 5.07. The molecule has 1 aromatic rings. The summed E-state index contributed by atoms with van der Waals surface area (Å²) in [5, 5.41) is 8.46. The molecule has 0 amide bonds. The van der Waals surface area contributed by atoms with E-state index in [9.17, 15) is 0 Å². The SMILES string of the molecule is Cc1cnc(C(C)NCC2NCCCC2(C)C)s1. The van der Waals surface area contributed by atoms with E-state index in [1.165, 1.54) is 22.7 Å². The quantitative estimate of drug-likeness (QED) is 0.881. The number of piperidine rings is 1. The summed E-state index contributed by atoms with van der Waals surface area (Å²) in [5.41, 5.74) is 0.393. The van der Waals surface area contributed by atoms with Gasteiger partial charge >= 0.3 is 0 Å². The second-order valence-corrected chi connectivity index (χ2v) is 7.30. The van der Waals surface area contributed by atoms with E-state index in [0.29, 0.717) is 17.5 Å². The fourth-order valence-corrected chi connectivity index (χ4v) is 3.37. The summed E-state index contributed by atoms with van der Waals surface area (Å²) in [7, 11) is 0. The smallest absolute Gasteiger partial charge is 0.109 e. The largest absolute Gasteiger partial charge is 0.312 e. The predicted molar refractivity (Wildman–Crippen MR) is 78.1 cm³/mol. The van der Waals surface area contributed by atoms with Gasteiger partial charge in [-0.05, 0) is 38.6 Å². The van der Waals surface area contributed by atoms with Gasteiger partial charge in [-0.3, -0.25) is 0 Å². The van der Waals surface area contributed by atoms with Gasteiger partial charge in [-0.15, -0.1) is 11.3 Å². The standard InChI is InChI=1S/C14H25N3S/c1-10-8-17-13(18-10)11(2)16-9-12-14(3,4)6-5-7-15-12/h8,11-12,15-16H,5-7,9H2,1-4H3. The highest BCUT2D eigenvalue weighted by molar-refractivity contribution is 7.11. The normalized spacial score (nSPS) is 25.0. The predicted octanol–water partition coefficient (Wildman–Crippen LogP) is 2.88. The molecule has 1 aliphatic rings. The summed E-state index contributed by atoms with van der Waals surface area (Å²) >= 11 is 1.79. The van der Waals surface area contributed by atoms with Crippen LogP contribution in [0.4, 0.5) is 0 Å². The molecule has 2 rings (SSSR count). The number of aryl methyl sites for hydroxylation is 1. The average Bonchev–Trinajstić information content (AvgIpc) is 2.73. The molecule has 102 valence electrons. The van der Waals surface area contributed by atoms with Crippen molar-refractivity contribution in [2.75, 3.05) is 13.1 Å². The first-order valence-electron chi connectivity index (χ1n) is 6.88. The Balaban J connectivity index is 1.87. The highest BCUT2D eigenvalue weighted by Gasteiger charge is 2.31. The van der Waals surface area contributed by atoms with Gasteiger partial charge in [-0.1, -0.05) is 13.8 Å². The first-order chi connectivity index (χ1) is 8.49. The molecule has 0 saturated carbocycles. The van der Waals surface area contributed by atoms with E-state index in [0.717, 1.165) is 13.1 Å². The van der Waals surface area contributed by atoms with Crippen molar-refractivity contribution in [2.45, 2.75) is 52.6 Å². The zero-order valence-corrected chi connectivity index (χ0v) is 12.7. The molecule has 2 unspecified atom stereocenters.